The molecule has 0 N–H and O–H groups in total. The molecule has 19 heavy (non-hydrogen) atoms. The summed E-state index contributed by atoms with van der Waals surface area (Å²) in [4.78, 5) is 0. The van der Waals surface area contributed by atoms with E-state index in [1.165, 1.54) is 48.0 Å². The van der Waals surface area contributed by atoms with Crippen LogP contribution in [0.4, 0.5) is 0 Å². The number of allylic oxidation sites excluding steroid dienone is 1. The Hall–Kier alpha value is 0.232. The van der Waals surface area contributed by atoms with Crippen LogP contribution in [0.3, 0.4) is 0 Å². The third-order valence-corrected chi connectivity index (χ3v) is 10.4. The first kappa shape index (κ1) is 19.2. The largest absolute Gasteiger partial charge is 0.658 e. The summed E-state index contributed by atoms with van der Waals surface area (Å²) in [5, 5.41) is 4.15. The Balaban J connectivity index is 4.33. The highest BCUT2D eigenvalue weighted by molar-refractivity contribution is 6.73. The molecule has 1 atom stereocenters. The number of rotatable bonds is 13. The van der Waals surface area contributed by atoms with Crippen molar-refractivity contribution in [3.63, 3.8) is 0 Å². The van der Waals surface area contributed by atoms with Gasteiger partial charge < -0.3 is 3.79 Å². The molecule has 0 aliphatic rings. The summed E-state index contributed by atoms with van der Waals surface area (Å²) in [5.74, 6) is 0.777. The van der Waals surface area contributed by atoms with E-state index in [1.54, 1.807) is 0 Å². The third kappa shape index (κ3) is 8.18. The molecule has 0 aromatic heterocycles. The molecule has 0 radical (unpaired) electrons. The van der Waals surface area contributed by atoms with Crippen molar-refractivity contribution >= 4 is 13.4 Å². The molecule has 114 valence electrons. The van der Waals surface area contributed by atoms with Crippen LogP contribution < -0.4 is 0 Å². The second-order valence-corrected chi connectivity index (χ2v) is 11.0. The predicted octanol–water partition coefficient (Wildman–Crippen LogP) is 6.17. The van der Waals surface area contributed by atoms with Crippen LogP contribution >= 0.6 is 0 Å². The zero-order valence-electron chi connectivity index (χ0n) is 13.9. The van der Waals surface area contributed by atoms with Gasteiger partial charge in [-0.25, -0.2) is 0 Å². The summed E-state index contributed by atoms with van der Waals surface area (Å²) in [5.41, 5.74) is 0. The molecule has 0 bridgehead atoms. The molecule has 0 aliphatic heterocycles. The van der Waals surface area contributed by atoms with Gasteiger partial charge in [0.05, 0.1) is 0 Å². The highest BCUT2D eigenvalue weighted by atomic mass is 27.3. The quantitative estimate of drug-likeness (QED) is 0.290. The van der Waals surface area contributed by atoms with Gasteiger partial charge in [0.2, 0.25) is 0 Å². The molecule has 0 heterocycles. The zero-order chi connectivity index (χ0) is 14.6. The van der Waals surface area contributed by atoms with E-state index in [2.05, 4.69) is 40.3 Å². The second kappa shape index (κ2) is 12.0. The van der Waals surface area contributed by atoms with Crippen molar-refractivity contribution in [3.8, 4) is 0 Å². The summed E-state index contributed by atoms with van der Waals surface area (Å²) >= 11 is -1.74. The first-order valence-electron chi connectivity index (χ1n) is 8.62. The molecule has 0 amide bonds. The number of hydrogen-bond donors (Lipinski definition) is 0. The molecule has 2 heteroatoms. The SMILES string of the molecule is C=CCC(CC)CC[O][Al-]([CH2]CC)([CH2]CC)[CH2]CC. The van der Waals surface area contributed by atoms with Gasteiger partial charge in [-0.3, -0.25) is 0 Å². The van der Waals surface area contributed by atoms with E-state index in [0.717, 1.165) is 18.9 Å². The van der Waals surface area contributed by atoms with Gasteiger partial charge in [0.15, 0.2) is 0 Å². The lowest BCUT2D eigenvalue weighted by atomic mass is 9.99. The van der Waals surface area contributed by atoms with Crippen LogP contribution in [-0.2, 0) is 3.79 Å². The van der Waals surface area contributed by atoms with E-state index < -0.39 is 13.4 Å². The second-order valence-electron chi connectivity index (χ2n) is 6.19. The van der Waals surface area contributed by atoms with Crippen molar-refractivity contribution in [3.05, 3.63) is 12.7 Å². The molecule has 0 saturated heterocycles. The van der Waals surface area contributed by atoms with Crippen molar-refractivity contribution in [2.45, 2.75) is 82.1 Å². The number of hydrogen-bond acceptors (Lipinski definition) is 1. The van der Waals surface area contributed by atoms with Gasteiger partial charge >= 0.3 is 0 Å². The van der Waals surface area contributed by atoms with Gasteiger partial charge in [0.25, 0.3) is 13.4 Å². The van der Waals surface area contributed by atoms with Crippen LogP contribution in [0.2, 0.25) is 15.8 Å². The van der Waals surface area contributed by atoms with Crippen LogP contribution in [0, 0.1) is 5.92 Å². The van der Waals surface area contributed by atoms with E-state index in [0.29, 0.717) is 0 Å². The van der Waals surface area contributed by atoms with Gasteiger partial charge in [-0.1, -0.05) is 59.5 Å². The monoisotopic (exact) mass is 283 g/mol. The van der Waals surface area contributed by atoms with E-state index in [4.69, 9.17) is 3.79 Å². The van der Waals surface area contributed by atoms with Crippen LogP contribution in [0.5, 0.6) is 0 Å². The molecule has 1 unspecified atom stereocenters. The van der Waals surface area contributed by atoms with Gasteiger partial charge in [-0.15, -0.1) is 6.58 Å². The summed E-state index contributed by atoms with van der Waals surface area (Å²) in [6.07, 6.45) is 9.58. The van der Waals surface area contributed by atoms with Gasteiger partial charge in [0, 0.05) is 0 Å². The third-order valence-electron chi connectivity index (χ3n) is 4.52. The Morgan fingerprint density at radius 1 is 1.00 bits per heavy atom. The average molecular weight is 283 g/mol. The van der Waals surface area contributed by atoms with E-state index in [-0.39, 0.29) is 0 Å². The van der Waals surface area contributed by atoms with E-state index >= 15 is 0 Å². The standard InChI is InChI=1S/C8H15O.3C3H7.Al/c1-3-5-8(4-2)6-7-9;3*1-3-2;/h3,8H,1,4-7H2,2H3;3*1,3H2,2H3;/q-1;;;;. The molecule has 0 fully saturated rings. The van der Waals surface area contributed by atoms with Crippen LogP contribution in [0.1, 0.15) is 66.2 Å². The lowest BCUT2D eigenvalue weighted by Crippen LogP contribution is -2.38. The Kier molecular flexibility index (Phi) is 12.2. The smallest absolute Gasteiger partial charge is 0.299 e. The summed E-state index contributed by atoms with van der Waals surface area (Å²) in [6, 6.07) is 0. The average Bonchev–Trinajstić information content (AvgIpc) is 2.38. The molecular formula is C17H36AlO-. The maximum Gasteiger partial charge on any atom is 0.299 e. The van der Waals surface area contributed by atoms with E-state index in [1.807, 2.05) is 0 Å². The Bertz CT molecular complexity index is 198. The fourth-order valence-electron chi connectivity index (χ4n) is 3.47. The summed E-state index contributed by atoms with van der Waals surface area (Å²) in [6.45, 7) is 14.1. The van der Waals surface area contributed by atoms with Crippen molar-refractivity contribution in [1.29, 1.82) is 0 Å². The van der Waals surface area contributed by atoms with E-state index in [9.17, 15) is 0 Å². The highest BCUT2D eigenvalue weighted by Crippen LogP contribution is 2.28. The molecule has 0 spiro atoms. The Morgan fingerprint density at radius 3 is 1.89 bits per heavy atom. The Morgan fingerprint density at radius 2 is 1.53 bits per heavy atom. The van der Waals surface area contributed by atoms with Gasteiger partial charge in [-0.2, -0.15) is 15.8 Å². The molecular weight excluding hydrogens is 247 g/mol. The summed E-state index contributed by atoms with van der Waals surface area (Å²) in [7, 11) is 0. The highest BCUT2D eigenvalue weighted by Gasteiger charge is 2.29. The van der Waals surface area contributed by atoms with Crippen molar-refractivity contribution in [1.82, 2.24) is 0 Å². The van der Waals surface area contributed by atoms with Crippen molar-refractivity contribution in [2.24, 2.45) is 5.92 Å². The predicted molar refractivity (Wildman–Crippen MR) is 90.2 cm³/mol. The molecule has 0 aliphatic carbocycles. The molecule has 0 aromatic rings. The fraction of sp³-hybridized carbons (Fsp3) is 0.882. The molecule has 0 rings (SSSR count). The van der Waals surface area contributed by atoms with Crippen LogP contribution in [0.25, 0.3) is 0 Å². The molecule has 0 aromatic carbocycles. The van der Waals surface area contributed by atoms with Crippen LogP contribution in [-0.4, -0.2) is 20.0 Å². The topological polar surface area (TPSA) is 9.23 Å². The maximum absolute atomic E-state index is 6.56. The van der Waals surface area contributed by atoms with Gasteiger partial charge in [-0.05, 0) is 25.4 Å². The molecule has 0 saturated carbocycles. The van der Waals surface area contributed by atoms with Gasteiger partial charge in [0.1, 0.15) is 0 Å². The first-order chi connectivity index (χ1) is 9.17. The lowest BCUT2D eigenvalue weighted by molar-refractivity contribution is 0.258. The maximum atomic E-state index is 6.56. The normalized spacial score (nSPS) is 13.5. The lowest BCUT2D eigenvalue weighted by Gasteiger charge is -2.37. The summed E-state index contributed by atoms with van der Waals surface area (Å²) < 4.78 is 6.56. The Labute approximate surface area is 124 Å². The van der Waals surface area contributed by atoms with Crippen LogP contribution in [0.15, 0.2) is 12.7 Å². The first-order valence-corrected chi connectivity index (χ1v) is 11.5. The zero-order valence-corrected chi connectivity index (χ0v) is 15.1. The molecule has 1 nitrogen and oxygen atoms in total. The minimum atomic E-state index is -1.74. The van der Waals surface area contributed by atoms with Crippen molar-refractivity contribution in [2.75, 3.05) is 6.61 Å². The minimum Gasteiger partial charge on any atom is -0.658 e. The van der Waals surface area contributed by atoms with Crippen molar-refractivity contribution < 1.29 is 3.79 Å². The fourth-order valence-corrected chi connectivity index (χ4v) is 8.63. The minimum absolute atomic E-state index is 0.777.